The number of ether oxygens (including phenoxy) is 2. The van der Waals surface area contributed by atoms with Crippen molar-refractivity contribution >= 4 is 29.5 Å². The van der Waals surface area contributed by atoms with Gasteiger partial charge in [0, 0.05) is 0 Å². The number of rotatable bonds is 8. The van der Waals surface area contributed by atoms with Crippen molar-refractivity contribution in [3.8, 4) is 23.0 Å². The van der Waals surface area contributed by atoms with Gasteiger partial charge in [0.05, 0.1) is 20.6 Å². The number of phenolic OH excluding ortho intramolecular Hbond substituents is 2. The van der Waals surface area contributed by atoms with Gasteiger partial charge in [0.25, 0.3) is 0 Å². The molecule has 0 aliphatic rings. The van der Waals surface area contributed by atoms with Crippen molar-refractivity contribution in [2.75, 3.05) is 14.2 Å². The highest BCUT2D eigenvalue weighted by Crippen LogP contribution is 2.27. The Hall–Kier alpha value is -3.87. The van der Waals surface area contributed by atoms with E-state index in [1.165, 1.54) is 52.4 Å². The van der Waals surface area contributed by atoms with E-state index in [9.17, 15) is 24.6 Å². The largest absolute Gasteiger partial charge is 0.504 e. The zero-order valence-electron chi connectivity index (χ0n) is 17.9. The molecule has 0 radical (unpaired) electrons. The number of methoxy groups -OCH3 is 2. The summed E-state index contributed by atoms with van der Waals surface area (Å²) in [5.74, 6) is 0.0835. The van der Waals surface area contributed by atoms with Gasteiger partial charge >= 0.3 is 0 Å². The number of hydrogen-bond donors (Lipinski definition) is 2. The van der Waals surface area contributed by atoms with Gasteiger partial charge in [-0.15, -0.1) is 0 Å². The second kappa shape index (κ2) is 12.6. The van der Waals surface area contributed by atoms with Crippen LogP contribution in [0.5, 0.6) is 23.0 Å². The summed E-state index contributed by atoms with van der Waals surface area (Å²) < 4.78 is 10.00. The second-order valence-electron chi connectivity index (χ2n) is 6.55. The van der Waals surface area contributed by atoms with E-state index < -0.39 is 0 Å². The number of hydrogen-bond acceptors (Lipinski definition) is 7. The van der Waals surface area contributed by atoms with E-state index >= 15 is 0 Å². The van der Waals surface area contributed by atoms with Crippen molar-refractivity contribution in [2.24, 2.45) is 0 Å². The summed E-state index contributed by atoms with van der Waals surface area (Å²) in [4.78, 5) is 33.3. The van der Waals surface area contributed by atoms with Gasteiger partial charge in [0.1, 0.15) is 5.78 Å². The number of Topliss-reactive ketones (excluding diaryl/α,β-unsaturated/α-hetero) is 1. The maximum Gasteiger partial charge on any atom is 0.163 e. The number of aromatic hydroxyl groups is 2. The molecule has 2 aromatic carbocycles. The molecule has 31 heavy (non-hydrogen) atoms. The third-order valence-electron chi connectivity index (χ3n) is 3.68. The minimum atomic E-state index is -0.347. The number of carbonyl (C=O) groups excluding carboxylic acids is 3. The summed E-state index contributed by atoms with van der Waals surface area (Å²) in [5.41, 5.74) is 1.33. The molecule has 0 aliphatic carbocycles. The van der Waals surface area contributed by atoms with Crippen LogP contribution >= 0.6 is 0 Å². The van der Waals surface area contributed by atoms with Crippen molar-refractivity contribution < 1.29 is 34.1 Å². The average Bonchev–Trinajstić information content (AvgIpc) is 2.72. The summed E-state index contributed by atoms with van der Waals surface area (Å²) in [5, 5.41) is 19.1. The maximum atomic E-state index is 11.9. The minimum absolute atomic E-state index is 0.00662. The van der Waals surface area contributed by atoms with Gasteiger partial charge in [-0.25, -0.2) is 0 Å². The summed E-state index contributed by atoms with van der Waals surface area (Å²) in [6, 6.07) is 9.34. The van der Waals surface area contributed by atoms with Crippen molar-refractivity contribution in [1.29, 1.82) is 0 Å². The van der Waals surface area contributed by atoms with Crippen LogP contribution in [0.25, 0.3) is 12.2 Å². The van der Waals surface area contributed by atoms with E-state index in [1.54, 1.807) is 36.4 Å². The second-order valence-corrected chi connectivity index (χ2v) is 6.55. The first-order valence-electron chi connectivity index (χ1n) is 9.29. The Balaban J connectivity index is 0.00000110. The fourth-order valence-electron chi connectivity index (χ4n) is 2.26. The molecular weight excluding hydrogens is 400 g/mol. The van der Waals surface area contributed by atoms with Crippen LogP contribution in [0.3, 0.4) is 0 Å². The van der Waals surface area contributed by atoms with E-state index in [0.717, 1.165) is 0 Å². The first kappa shape index (κ1) is 25.2. The molecule has 0 unspecified atom stereocenters. The third kappa shape index (κ3) is 9.45. The quantitative estimate of drug-likeness (QED) is 0.485. The lowest BCUT2D eigenvalue weighted by Crippen LogP contribution is -2.01. The smallest absolute Gasteiger partial charge is 0.163 e. The van der Waals surface area contributed by atoms with Crippen LogP contribution in [-0.4, -0.2) is 41.8 Å². The van der Waals surface area contributed by atoms with Gasteiger partial charge in [-0.1, -0.05) is 24.3 Å². The van der Waals surface area contributed by atoms with E-state index in [0.29, 0.717) is 22.6 Å². The molecule has 7 heteroatoms. The Morgan fingerprint density at radius 1 is 0.774 bits per heavy atom. The molecule has 0 aromatic heterocycles. The lowest BCUT2D eigenvalue weighted by Gasteiger charge is -2.03. The van der Waals surface area contributed by atoms with Crippen LogP contribution in [0.2, 0.25) is 0 Å². The maximum absolute atomic E-state index is 11.9. The molecule has 7 nitrogen and oxygen atoms in total. The molecule has 0 aliphatic heterocycles. The lowest BCUT2D eigenvalue weighted by atomic mass is 10.1. The summed E-state index contributed by atoms with van der Waals surface area (Å²) in [6.45, 7) is 3.06. The van der Waals surface area contributed by atoms with Gasteiger partial charge in [-0.2, -0.15) is 0 Å². The van der Waals surface area contributed by atoms with E-state index in [-0.39, 0.29) is 35.3 Å². The number of carbonyl (C=O) groups is 3. The van der Waals surface area contributed by atoms with Crippen LogP contribution in [0, 0.1) is 0 Å². The monoisotopic (exact) mass is 426 g/mol. The molecular formula is C24H26O7. The Bertz CT molecular complexity index is 910. The molecule has 2 rings (SSSR count). The van der Waals surface area contributed by atoms with Crippen molar-refractivity contribution in [3.63, 3.8) is 0 Å². The normalized spacial score (nSPS) is 10.5. The number of benzene rings is 2. The molecule has 0 amide bonds. The fraction of sp³-hybridized carbons (Fsp3) is 0.208. The first-order chi connectivity index (χ1) is 14.7. The molecule has 2 N–H and O–H groups in total. The Labute approximate surface area is 181 Å². The van der Waals surface area contributed by atoms with Crippen LogP contribution in [0.1, 0.15) is 31.4 Å². The molecule has 164 valence electrons. The molecule has 0 atom stereocenters. The lowest BCUT2D eigenvalue weighted by molar-refractivity contribution is -0.122. The molecule has 0 heterocycles. The van der Waals surface area contributed by atoms with Gasteiger partial charge in [0.15, 0.2) is 34.6 Å². The predicted molar refractivity (Wildman–Crippen MR) is 118 cm³/mol. The Morgan fingerprint density at radius 3 is 1.45 bits per heavy atom. The molecule has 0 bridgehead atoms. The first-order valence-corrected chi connectivity index (χ1v) is 9.29. The number of allylic oxidation sites excluding steroid dienone is 2. The van der Waals surface area contributed by atoms with Crippen LogP contribution in [-0.2, 0) is 14.4 Å². The highest BCUT2D eigenvalue weighted by Gasteiger charge is 2.06. The van der Waals surface area contributed by atoms with Crippen LogP contribution in [0.4, 0.5) is 0 Å². The average molecular weight is 426 g/mol. The molecule has 0 spiro atoms. The van der Waals surface area contributed by atoms with Gasteiger partial charge in [-0.05, 0) is 61.4 Å². The predicted octanol–water partition coefficient (Wildman–Crippen LogP) is 3.97. The highest BCUT2D eigenvalue weighted by molar-refractivity contribution is 6.10. The van der Waals surface area contributed by atoms with E-state index in [1.807, 2.05) is 0 Å². The van der Waals surface area contributed by atoms with Crippen LogP contribution < -0.4 is 9.47 Å². The number of ketones is 3. The minimum Gasteiger partial charge on any atom is -0.504 e. The van der Waals surface area contributed by atoms with Gasteiger partial charge in [0.2, 0.25) is 0 Å². The fourth-order valence-corrected chi connectivity index (χ4v) is 2.26. The number of phenols is 2. The topological polar surface area (TPSA) is 110 Å². The van der Waals surface area contributed by atoms with Crippen molar-refractivity contribution in [3.05, 3.63) is 59.7 Å². The Morgan fingerprint density at radius 2 is 1.13 bits per heavy atom. The zero-order chi connectivity index (χ0) is 23.4. The summed E-state index contributed by atoms with van der Waals surface area (Å²) >= 11 is 0. The highest BCUT2D eigenvalue weighted by atomic mass is 16.5. The molecule has 0 fully saturated rings. The zero-order valence-corrected chi connectivity index (χ0v) is 17.9. The molecule has 2 aromatic rings. The van der Waals surface area contributed by atoms with Crippen molar-refractivity contribution in [2.45, 2.75) is 20.3 Å². The van der Waals surface area contributed by atoms with Crippen LogP contribution in [0.15, 0.2) is 48.6 Å². The molecule has 0 saturated heterocycles. The third-order valence-corrected chi connectivity index (χ3v) is 3.68. The standard InChI is InChI=1S/C21H20O6.C3H6O/c1-26-20-11-14(5-9-18(20)24)3-7-16(22)13-17(23)8-4-15-6-10-19(25)21(12-15)27-2;1-3(2)4/h3-12,24-25H,13H2,1-2H3;1-2H3. The molecule has 0 saturated carbocycles. The van der Waals surface area contributed by atoms with E-state index in [4.69, 9.17) is 9.47 Å². The SMILES string of the molecule is CC(C)=O.COc1cc(C=CC(=O)CC(=O)C=Cc2ccc(O)c(OC)c2)ccc1O. The van der Waals surface area contributed by atoms with Crippen molar-refractivity contribution in [1.82, 2.24) is 0 Å². The Kier molecular flexibility index (Phi) is 10.3. The van der Waals surface area contributed by atoms with Gasteiger partial charge in [-0.3, -0.25) is 9.59 Å². The van der Waals surface area contributed by atoms with E-state index in [2.05, 4.69) is 0 Å². The summed E-state index contributed by atoms with van der Waals surface area (Å²) in [6.07, 6.45) is 5.44. The summed E-state index contributed by atoms with van der Waals surface area (Å²) in [7, 11) is 2.87. The van der Waals surface area contributed by atoms with Gasteiger partial charge < -0.3 is 24.5 Å².